The molecular formula is C26H22ClN3O5. The number of ether oxygens (including phenoxy) is 3. The summed E-state index contributed by atoms with van der Waals surface area (Å²) < 4.78 is 17.6. The van der Waals surface area contributed by atoms with Gasteiger partial charge in [-0.2, -0.15) is 5.10 Å². The Labute approximate surface area is 207 Å². The number of hydrogen-bond donors (Lipinski definition) is 0. The third-order valence-electron chi connectivity index (χ3n) is 5.99. The van der Waals surface area contributed by atoms with Crippen LogP contribution in [-0.2, 0) is 0 Å². The Kier molecular flexibility index (Phi) is 6.05. The lowest BCUT2D eigenvalue weighted by molar-refractivity contribution is -0.385. The third-order valence-corrected chi connectivity index (χ3v) is 6.24. The molecule has 8 nitrogen and oxygen atoms in total. The molecule has 0 radical (unpaired) electrons. The van der Waals surface area contributed by atoms with Crippen molar-refractivity contribution in [2.75, 3.05) is 13.7 Å². The molecule has 0 spiro atoms. The summed E-state index contributed by atoms with van der Waals surface area (Å²) in [5, 5.41) is 18.8. The highest BCUT2D eigenvalue weighted by atomic mass is 35.5. The molecule has 2 atom stereocenters. The highest BCUT2D eigenvalue weighted by Crippen LogP contribution is 2.49. The maximum atomic E-state index is 11.4. The smallest absolute Gasteiger partial charge is 0.270 e. The SMILES string of the molecule is C=CCOc1ccc([C@H]2Oc3ccc([N+](=O)[O-])cc3[C@@H]3CC(c4ccc(Cl)cc4)=NN23)cc1OC. The number of hydrogen-bond acceptors (Lipinski definition) is 7. The summed E-state index contributed by atoms with van der Waals surface area (Å²) in [6, 6.07) is 17.5. The summed E-state index contributed by atoms with van der Waals surface area (Å²) in [5.41, 5.74) is 3.32. The van der Waals surface area contributed by atoms with Crippen LogP contribution in [0, 0.1) is 10.1 Å². The van der Waals surface area contributed by atoms with Crippen molar-refractivity contribution in [3.8, 4) is 17.2 Å². The van der Waals surface area contributed by atoms with Gasteiger partial charge in [-0.25, -0.2) is 5.01 Å². The Bertz CT molecular complexity index is 1330. The van der Waals surface area contributed by atoms with Gasteiger partial charge in [0.05, 0.1) is 23.8 Å². The number of halogens is 1. The average molecular weight is 492 g/mol. The molecule has 0 saturated heterocycles. The van der Waals surface area contributed by atoms with Crippen molar-refractivity contribution in [3.05, 3.63) is 105 Å². The van der Waals surface area contributed by atoms with Crippen molar-refractivity contribution < 1.29 is 19.1 Å². The number of nitro groups is 1. The van der Waals surface area contributed by atoms with E-state index in [0.717, 1.165) is 22.4 Å². The Balaban J connectivity index is 1.58. The summed E-state index contributed by atoms with van der Waals surface area (Å²) >= 11 is 6.07. The fourth-order valence-corrected chi connectivity index (χ4v) is 4.46. The molecule has 9 heteroatoms. The molecule has 0 bridgehead atoms. The van der Waals surface area contributed by atoms with Crippen molar-refractivity contribution in [1.29, 1.82) is 0 Å². The fraction of sp³-hybridized carbons (Fsp3) is 0.192. The summed E-state index contributed by atoms with van der Waals surface area (Å²) in [7, 11) is 1.57. The minimum Gasteiger partial charge on any atom is -0.493 e. The topological polar surface area (TPSA) is 86.4 Å². The molecule has 2 aliphatic heterocycles. The molecule has 2 heterocycles. The van der Waals surface area contributed by atoms with Gasteiger partial charge in [-0.05, 0) is 42.0 Å². The lowest BCUT2D eigenvalue weighted by Gasteiger charge is -2.38. The van der Waals surface area contributed by atoms with Crippen LogP contribution in [0.2, 0.25) is 5.02 Å². The van der Waals surface area contributed by atoms with E-state index >= 15 is 0 Å². The van der Waals surface area contributed by atoms with Gasteiger partial charge in [0, 0.05) is 34.7 Å². The molecule has 0 amide bonds. The maximum absolute atomic E-state index is 11.4. The first-order valence-corrected chi connectivity index (χ1v) is 11.3. The van der Waals surface area contributed by atoms with E-state index in [1.54, 1.807) is 25.3 Å². The molecule has 35 heavy (non-hydrogen) atoms. The van der Waals surface area contributed by atoms with E-state index in [4.69, 9.17) is 30.9 Å². The van der Waals surface area contributed by atoms with Gasteiger partial charge in [-0.1, -0.05) is 36.4 Å². The molecule has 0 fully saturated rings. The van der Waals surface area contributed by atoms with Crippen LogP contribution in [0.15, 0.2) is 78.4 Å². The van der Waals surface area contributed by atoms with E-state index in [1.807, 2.05) is 47.5 Å². The summed E-state index contributed by atoms with van der Waals surface area (Å²) in [4.78, 5) is 11.0. The van der Waals surface area contributed by atoms with Crippen LogP contribution in [-0.4, -0.2) is 29.4 Å². The molecule has 3 aromatic carbocycles. The molecule has 0 saturated carbocycles. The van der Waals surface area contributed by atoms with E-state index in [9.17, 15) is 10.1 Å². The number of methoxy groups -OCH3 is 1. The Morgan fingerprint density at radius 1 is 1.20 bits per heavy atom. The van der Waals surface area contributed by atoms with Crippen LogP contribution in [0.25, 0.3) is 0 Å². The lowest BCUT2D eigenvalue weighted by atomic mass is 9.95. The zero-order valence-electron chi connectivity index (χ0n) is 18.9. The summed E-state index contributed by atoms with van der Waals surface area (Å²) in [6.45, 7) is 4.03. The van der Waals surface area contributed by atoms with Crippen LogP contribution in [0.4, 0.5) is 5.69 Å². The van der Waals surface area contributed by atoms with Gasteiger partial charge in [-0.3, -0.25) is 10.1 Å². The van der Waals surface area contributed by atoms with Gasteiger partial charge in [0.25, 0.3) is 5.69 Å². The van der Waals surface area contributed by atoms with Gasteiger partial charge in [0.15, 0.2) is 11.5 Å². The summed E-state index contributed by atoms with van der Waals surface area (Å²) in [5.74, 6) is 1.73. The first-order chi connectivity index (χ1) is 17.0. The number of non-ortho nitro benzene ring substituents is 1. The van der Waals surface area contributed by atoms with Gasteiger partial charge in [0.2, 0.25) is 6.23 Å². The van der Waals surface area contributed by atoms with E-state index in [1.165, 1.54) is 6.07 Å². The number of benzene rings is 3. The van der Waals surface area contributed by atoms with Crippen LogP contribution in [0.5, 0.6) is 17.2 Å². The average Bonchev–Trinajstić information content (AvgIpc) is 3.32. The van der Waals surface area contributed by atoms with Crippen molar-refractivity contribution in [2.24, 2.45) is 5.10 Å². The zero-order valence-corrected chi connectivity index (χ0v) is 19.6. The Morgan fingerprint density at radius 3 is 2.71 bits per heavy atom. The zero-order chi connectivity index (χ0) is 24.5. The van der Waals surface area contributed by atoms with E-state index < -0.39 is 11.2 Å². The minimum atomic E-state index is -0.568. The van der Waals surface area contributed by atoms with Crippen LogP contribution < -0.4 is 14.2 Å². The predicted molar refractivity (Wildman–Crippen MR) is 132 cm³/mol. The van der Waals surface area contributed by atoms with Crippen LogP contribution >= 0.6 is 11.6 Å². The second-order valence-corrected chi connectivity index (χ2v) is 8.55. The van der Waals surface area contributed by atoms with Crippen molar-refractivity contribution in [2.45, 2.75) is 18.7 Å². The van der Waals surface area contributed by atoms with Gasteiger partial charge >= 0.3 is 0 Å². The minimum absolute atomic E-state index is 0.0103. The first-order valence-electron chi connectivity index (χ1n) is 11.0. The monoisotopic (exact) mass is 491 g/mol. The first kappa shape index (κ1) is 22.7. The molecule has 0 aromatic heterocycles. The van der Waals surface area contributed by atoms with Crippen LogP contribution in [0.3, 0.4) is 0 Å². The second-order valence-electron chi connectivity index (χ2n) is 8.11. The van der Waals surface area contributed by atoms with E-state index in [-0.39, 0.29) is 11.7 Å². The van der Waals surface area contributed by atoms with E-state index in [0.29, 0.717) is 35.3 Å². The molecule has 0 N–H and O–H groups in total. The number of rotatable bonds is 7. The number of hydrazone groups is 1. The molecule has 0 unspecified atom stereocenters. The molecular weight excluding hydrogens is 470 g/mol. The maximum Gasteiger partial charge on any atom is 0.270 e. The molecule has 3 aromatic rings. The van der Waals surface area contributed by atoms with Gasteiger partial charge in [-0.15, -0.1) is 0 Å². The quantitative estimate of drug-likeness (QED) is 0.227. The Morgan fingerprint density at radius 2 is 2.00 bits per heavy atom. The van der Waals surface area contributed by atoms with Crippen molar-refractivity contribution in [1.82, 2.24) is 5.01 Å². The van der Waals surface area contributed by atoms with Crippen LogP contribution in [0.1, 0.15) is 35.4 Å². The second kappa shape index (κ2) is 9.31. The molecule has 2 aliphatic rings. The number of nitro benzene ring substituents is 1. The number of fused-ring (bicyclic) bond motifs is 3. The Hall–Kier alpha value is -4.04. The molecule has 178 valence electrons. The van der Waals surface area contributed by atoms with Gasteiger partial charge < -0.3 is 14.2 Å². The van der Waals surface area contributed by atoms with Gasteiger partial charge in [0.1, 0.15) is 12.4 Å². The fourth-order valence-electron chi connectivity index (χ4n) is 4.33. The predicted octanol–water partition coefficient (Wildman–Crippen LogP) is 6.06. The lowest BCUT2D eigenvalue weighted by Crippen LogP contribution is -2.33. The van der Waals surface area contributed by atoms with Crippen molar-refractivity contribution in [3.63, 3.8) is 0 Å². The largest absolute Gasteiger partial charge is 0.493 e. The molecule has 0 aliphatic carbocycles. The highest BCUT2D eigenvalue weighted by molar-refractivity contribution is 6.30. The highest BCUT2D eigenvalue weighted by Gasteiger charge is 2.42. The normalized spacial score (nSPS) is 18.1. The van der Waals surface area contributed by atoms with Crippen molar-refractivity contribution >= 4 is 23.0 Å². The summed E-state index contributed by atoms with van der Waals surface area (Å²) in [6.07, 6.45) is 1.66. The molecule has 5 rings (SSSR count). The standard InChI is InChI=1S/C26H22ClN3O5/c1-3-12-34-24-10-6-17(13-25(24)33-2)26-29-22(15-21(28-29)16-4-7-18(27)8-5-16)20-14-19(30(31)32)9-11-23(20)35-26/h3-11,13-14,22,26H,1,12,15H2,2H3/t22-,26+/m0/s1. The number of nitrogens with zero attached hydrogens (tertiary/aromatic N) is 3. The van der Waals surface area contributed by atoms with E-state index in [2.05, 4.69) is 6.58 Å². The third kappa shape index (κ3) is 4.28.